The zero-order valence-corrected chi connectivity index (χ0v) is 15.4. The highest BCUT2D eigenvalue weighted by molar-refractivity contribution is 6.30. The van der Waals surface area contributed by atoms with E-state index in [1.807, 2.05) is 36.4 Å². The van der Waals surface area contributed by atoms with Crippen molar-refractivity contribution in [2.75, 3.05) is 0 Å². The minimum absolute atomic E-state index is 0.00355. The van der Waals surface area contributed by atoms with Gasteiger partial charge < -0.3 is 10.1 Å². The van der Waals surface area contributed by atoms with Gasteiger partial charge in [0.2, 0.25) is 0 Å². The molecule has 0 radical (unpaired) electrons. The summed E-state index contributed by atoms with van der Waals surface area (Å²) in [5, 5.41) is 20.3. The van der Waals surface area contributed by atoms with Gasteiger partial charge in [-0.2, -0.15) is 5.10 Å². The number of nitrogens with one attached hydrogen (secondary N) is 3. The van der Waals surface area contributed by atoms with Gasteiger partial charge in [0.1, 0.15) is 6.23 Å². The fraction of sp³-hybridized carbons (Fsp3) is 0.300. The molecule has 3 atom stereocenters. The van der Waals surface area contributed by atoms with E-state index in [0.717, 1.165) is 36.1 Å². The maximum absolute atomic E-state index is 12.6. The first kappa shape index (κ1) is 18.0. The average Bonchev–Trinajstić information content (AvgIpc) is 3.32. The van der Waals surface area contributed by atoms with Gasteiger partial charge in [-0.05, 0) is 49.1 Å². The smallest absolute Gasteiger partial charge is 0.256 e. The molecule has 0 amide bonds. The van der Waals surface area contributed by atoms with E-state index < -0.39 is 6.23 Å². The van der Waals surface area contributed by atoms with Gasteiger partial charge in [-0.1, -0.05) is 23.7 Å². The molecule has 0 saturated carbocycles. The molecule has 7 heteroatoms. The number of H-pyrrole nitrogens is 2. The lowest BCUT2D eigenvalue weighted by molar-refractivity contribution is 0.153. The fourth-order valence-electron chi connectivity index (χ4n) is 3.72. The summed E-state index contributed by atoms with van der Waals surface area (Å²) >= 11 is 6.04. The van der Waals surface area contributed by atoms with Crippen molar-refractivity contribution < 1.29 is 5.11 Å². The number of pyridine rings is 1. The molecule has 1 aromatic carbocycles. The molecule has 0 aliphatic carbocycles. The minimum Gasteiger partial charge on any atom is -0.379 e. The van der Waals surface area contributed by atoms with E-state index in [4.69, 9.17) is 11.6 Å². The first-order valence-corrected chi connectivity index (χ1v) is 9.40. The van der Waals surface area contributed by atoms with Gasteiger partial charge in [0.25, 0.3) is 5.56 Å². The Morgan fingerprint density at radius 1 is 1.19 bits per heavy atom. The van der Waals surface area contributed by atoms with Gasteiger partial charge in [-0.25, -0.2) is 0 Å². The van der Waals surface area contributed by atoms with Gasteiger partial charge in [-0.3, -0.25) is 15.2 Å². The molecule has 0 spiro atoms. The monoisotopic (exact) mass is 384 g/mol. The Kier molecular flexibility index (Phi) is 5.11. The van der Waals surface area contributed by atoms with Crippen LogP contribution in [-0.4, -0.2) is 32.6 Å². The Bertz CT molecular complexity index is 953. The van der Waals surface area contributed by atoms with E-state index in [-0.39, 0.29) is 17.5 Å². The van der Waals surface area contributed by atoms with Crippen LogP contribution in [-0.2, 0) is 0 Å². The van der Waals surface area contributed by atoms with Crippen LogP contribution in [0.1, 0.15) is 36.4 Å². The van der Waals surface area contributed by atoms with Crippen molar-refractivity contribution in [2.24, 2.45) is 0 Å². The Hall–Kier alpha value is -2.41. The third kappa shape index (κ3) is 3.98. The van der Waals surface area contributed by atoms with Gasteiger partial charge in [0, 0.05) is 34.4 Å². The molecule has 4 N–H and O–H groups in total. The lowest BCUT2D eigenvalue weighted by Crippen LogP contribution is -2.30. The number of aliphatic hydroxyl groups is 1. The topological polar surface area (TPSA) is 93.8 Å². The van der Waals surface area contributed by atoms with Crippen LogP contribution < -0.4 is 10.9 Å². The molecule has 3 heterocycles. The number of aliphatic hydroxyl groups excluding tert-OH is 1. The lowest BCUT2D eigenvalue weighted by atomic mass is 9.88. The minimum atomic E-state index is -0.455. The number of aromatic nitrogens is 3. The summed E-state index contributed by atoms with van der Waals surface area (Å²) < 4.78 is 0. The summed E-state index contributed by atoms with van der Waals surface area (Å²) in [6.45, 7) is 0. The third-order valence-electron chi connectivity index (χ3n) is 5.13. The first-order valence-electron chi connectivity index (χ1n) is 9.02. The van der Waals surface area contributed by atoms with Crippen LogP contribution in [0.3, 0.4) is 0 Å². The van der Waals surface area contributed by atoms with E-state index in [1.54, 1.807) is 12.4 Å². The molecule has 1 saturated heterocycles. The quantitative estimate of drug-likeness (QED) is 0.544. The Labute approximate surface area is 161 Å². The molecule has 4 rings (SSSR count). The van der Waals surface area contributed by atoms with Crippen LogP contribution in [0.4, 0.5) is 0 Å². The molecule has 27 heavy (non-hydrogen) atoms. The van der Waals surface area contributed by atoms with E-state index in [9.17, 15) is 9.90 Å². The number of nitrogens with zero attached hydrogens (tertiary/aromatic N) is 1. The van der Waals surface area contributed by atoms with Crippen molar-refractivity contribution in [1.29, 1.82) is 0 Å². The predicted octanol–water partition coefficient (Wildman–Crippen LogP) is 3.01. The second kappa shape index (κ2) is 7.68. The molecule has 2 unspecified atom stereocenters. The molecule has 140 valence electrons. The highest BCUT2D eigenvalue weighted by atomic mass is 35.5. The predicted molar refractivity (Wildman–Crippen MR) is 105 cm³/mol. The van der Waals surface area contributed by atoms with Crippen LogP contribution in [0.5, 0.6) is 0 Å². The molecular weight excluding hydrogens is 364 g/mol. The van der Waals surface area contributed by atoms with Crippen LogP contribution in [0.25, 0.3) is 11.1 Å². The van der Waals surface area contributed by atoms with Crippen molar-refractivity contribution in [3.05, 3.63) is 75.4 Å². The van der Waals surface area contributed by atoms with Crippen molar-refractivity contribution >= 4 is 11.6 Å². The number of halogens is 1. The Balaban J connectivity index is 1.68. The first-order chi connectivity index (χ1) is 13.1. The number of hydrogen-bond donors (Lipinski definition) is 4. The zero-order valence-electron chi connectivity index (χ0n) is 14.7. The van der Waals surface area contributed by atoms with Crippen molar-refractivity contribution in [3.63, 3.8) is 0 Å². The highest BCUT2D eigenvalue weighted by Gasteiger charge is 2.27. The fourth-order valence-corrected chi connectivity index (χ4v) is 3.85. The van der Waals surface area contributed by atoms with E-state index in [2.05, 4.69) is 20.5 Å². The standard InChI is InChI=1S/C20H21ClN4O2/c21-14-3-1-12(2-4-14)17(9-15-5-8-19(26)24-15)18-7-6-16(20(27)25-18)13-10-22-23-11-13/h1-4,6-7,10-11,15,17,19,24,26H,5,8-9H2,(H,22,23)(H,25,27)/t15-,17?,19?/m1/s1. The summed E-state index contributed by atoms with van der Waals surface area (Å²) in [6.07, 6.45) is 5.30. The summed E-state index contributed by atoms with van der Waals surface area (Å²) in [5.41, 5.74) is 3.11. The molecule has 1 aliphatic heterocycles. The van der Waals surface area contributed by atoms with Crippen LogP contribution in [0.15, 0.2) is 53.6 Å². The molecule has 0 bridgehead atoms. The average molecular weight is 385 g/mol. The van der Waals surface area contributed by atoms with Gasteiger partial charge in [-0.15, -0.1) is 0 Å². The van der Waals surface area contributed by atoms with Crippen molar-refractivity contribution in [2.45, 2.75) is 37.5 Å². The lowest BCUT2D eigenvalue weighted by Gasteiger charge is -2.22. The second-order valence-corrected chi connectivity index (χ2v) is 7.38. The summed E-state index contributed by atoms with van der Waals surface area (Å²) in [4.78, 5) is 15.7. The highest BCUT2D eigenvalue weighted by Crippen LogP contribution is 2.31. The number of hydrogen-bond acceptors (Lipinski definition) is 4. The number of benzene rings is 1. The molecule has 1 aliphatic rings. The van der Waals surface area contributed by atoms with Gasteiger partial charge in [0.05, 0.1) is 11.8 Å². The van der Waals surface area contributed by atoms with E-state index in [1.165, 1.54) is 0 Å². The molecule has 3 aromatic rings. The largest absolute Gasteiger partial charge is 0.379 e. The molecule has 2 aromatic heterocycles. The van der Waals surface area contributed by atoms with Crippen LogP contribution in [0.2, 0.25) is 5.02 Å². The molecule has 1 fully saturated rings. The maximum Gasteiger partial charge on any atom is 0.256 e. The maximum atomic E-state index is 12.6. The summed E-state index contributed by atoms with van der Waals surface area (Å²) in [6, 6.07) is 11.7. The van der Waals surface area contributed by atoms with Crippen molar-refractivity contribution in [3.8, 4) is 11.1 Å². The van der Waals surface area contributed by atoms with Crippen LogP contribution in [0, 0.1) is 0 Å². The van der Waals surface area contributed by atoms with Crippen molar-refractivity contribution in [1.82, 2.24) is 20.5 Å². The Morgan fingerprint density at radius 3 is 2.63 bits per heavy atom. The number of aromatic amines is 2. The summed E-state index contributed by atoms with van der Waals surface area (Å²) in [7, 11) is 0. The summed E-state index contributed by atoms with van der Waals surface area (Å²) in [5.74, 6) is -0.00355. The van der Waals surface area contributed by atoms with Crippen LogP contribution >= 0.6 is 11.6 Å². The SMILES string of the molecule is O=c1[nH]c(C(C[C@H]2CCC(O)N2)c2ccc(Cl)cc2)ccc1-c1cn[nH]c1. The second-order valence-electron chi connectivity index (χ2n) is 6.94. The van der Waals surface area contributed by atoms with E-state index in [0.29, 0.717) is 10.6 Å². The van der Waals surface area contributed by atoms with E-state index >= 15 is 0 Å². The molecule has 6 nitrogen and oxygen atoms in total. The third-order valence-corrected chi connectivity index (χ3v) is 5.38. The van der Waals surface area contributed by atoms with Gasteiger partial charge in [0.15, 0.2) is 0 Å². The Morgan fingerprint density at radius 2 is 2.00 bits per heavy atom. The number of rotatable bonds is 5. The normalized spacial score (nSPS) is 20.7. The molecular formula is C20H21ClN4O2. The zero-order chi connectivity index (χ0) is 18.8. The van der Waals surface area contributed by atoms with Gasteiger partial charge >= 0.3 is 0 Å².